The fourth-order valence-corrected chi connectivity index (χ4v) is 3.98. The summed E-state index contributed by atoms with van der Waals surface area (Å²) in [4.78, 5) is 22.1. The van der Waals surface area contributed by atoms with Crippen molar-refractivity contribution in [2.24, 2.45) is 0 Å². The van der Waals surface area contributed by atoms with Gasteiger partial charge in [-0.05, 0) is 31.2 Å². The number of carbonyl (C=O) groups excluding carboxylic acids is 1. The van der Waals surface area contributed by atoms with Crippen molar-refractivity contribution < 1.29 is 24.2 Å². The molecule has 0 bridgehead atoms. The number of ether oxygens (including phenoxy) is 2. The van der Waals surface area contributed by atoms with E-state index in [0.717, 1.165) is 38.5 Å². The third kappa shape index (κ3) is 15.9. The van der Waals surface area contributed by atoms with Crippen LogP contribution >= 0.6 is 0 Å². The Hall–Kier alpha value is -1.88. The maximum Gasteiger partial charge on any atom is 0.307 e. The van der Waals surface area contributed by atoms with E-state index in [1.54, 1.807) is 0 Å². The van der Waals surface area contributed by atoms with Gasteiger partial charge in [-0.15, -0.1) is 0 Å². The van der Waals surface area contributed by atoms with Crippen molar-refractivity contribution in [3.05, 3.63) is 35.9 Å². The average molecular weight is 449 g/mol. The molecule has 0 heterocycles. The first-order valence-electron chi connectivity index (χ1n) is 12.6. The number of unbranched alkanes of at least 4 members (excludes halogenated alkanes) is 8. The lowest BCUT2D eigenvalue weighted by molar-refractivity contribution is -0.151. The Bertz CT molecular complexity index is 585. The second-order valence-electron chi connectivity index (χ2n) is 8.80. The largest absolute Gasteiger partial charge is 0.481 e. The zero-order valence-electron chi connectivity index (χ0n) is 20.2. The number of benzene rings is 1. The lowest BCUT2D eigenvalue weighted by atomic mass is 10.0. The molecule has 5 heteroatoms. The number of rotatable bonds is 20. The van der Waals surface area contributed by atoms with Crippen molar-refractivity contribution in [2.75, 3.05) is 0 Å². The minimum absolute atomic E-state index is 0.118. The van der Waals surface area contributed by atoms with E-state index < -0.39 is 18.0 Å². The van der Waals surface area contributed by atoms with Gasteiger partial charge < -0.3 is 14.6 Å². The highest BCUT2D eigenvalue weighted by Gasteiger charge is 2.16. The number of carboxylic acid groups (broad SMARTS) is 1. The molecule has 0 spiro atoms. The van der Waals surface area contributed by atoms with Crippen LogP contribution in [-0.2, 0) is 25.7 Å². The first-order chi connectivity index (χ1) is 15.5. The van der Waals surface area contributed by atoms with E-state index >= 15 is 0 Å². The Morgan fingerprint density at radius 1 is 0.812 bits per heavy atom. The maximum absolute atomic E-state index is 11.1. The SMILES string of the molecule is CCCCCCCCC(CCCCCCC(CC(=O)O)OC(C)=O)OCc1ccccc1. The molecule has 0 aliphatic rings. The van der Waals surface area contributed by atoms with Crippen LogP contribution in [0.25, 0.3) is 0 Å². The molecule has 1 aromatic rings. The minimum atomic E-state index is -0.927. The molecule has 0 amide bonds. The summed E-state index contributed by atoms with van der Waals surface area (Å²) >= 11 is 0. The summed E-state index contributed by atoms with van der Waals surface area (Å²) in [6.07, 6.45) is 14.3. The summed E-state index contributed by atoms with van der Waals surface area (Å²) in [5.41, 5.74) is 1.22. The third-order valence-electron chi connectivity index (χ3n) is 5.75. The van der Waals surface area contributed by atoms with Crippen LogP contribution < -0.4 is 0 Å². The van der Waals surface area contributed by atoms with Crippen LogP contribution in [0.3, 0.4) is 0 Å². The van der Waals surface area contributed by atoms with Crippen molar-refractivity contribution in [3.8, 4) is 0 Å². The molecule has 2 atom stereocenters. The van der Waals surface area contributed by atoms with Gasteiger partial charge in [-0.1, -0.05) is 95.0 Å². The van der Waals surface area contributed by atoms with E-state index in [0.29, 0.717) is 19.1 Å². The summed E-state index contributed by atoms with van der Waals surface area (Å²) in [6.45, 7) is 4.24. The van der Waals surface area contributed by atoms with Crippen LogP contribution in [0.2, 0.25) is 0 Å². The van der Waals surface area contributed by atoms with Crippen LogP contribution in [0.4, 0.5) is 0 Å². The van der Waals surface area contributed by atoms with Crippen LogP contribution in [0.1, 0.15) is 109 Å². The van der Waals surface area contributed by atoms with Crippen molar-refractivity contribution in [1.82, 2.24) is 0 Å². The number of aliphatic carboxylic acids is 1. The van der Waals surface area contributed by atoms with Gasteiger partial charge in [0.2, 0.25) is 0 Å². The number of esters is 1. The van der Waals surface area contributed by atoms with E-state index in [2.05, 4.69) is 31.2 Å². The molecule has 0 aromatic heterocycles. The van der Waals surface area contributed by atoms with Crippen molar-refractivity contribution in [2.45, 2.75) is 123 Å². The lowest BCUT2D eigenvalue weighted by Gasteiger charge is -2.18. The topological polar surface area (TPSA) is 72.8 Å². The first-order valence-corrected chi connectivity index (χ1v) is 12.6. The van der Waals surface area contributed by atoms with E-state index in [1.165, 1.54) is 51.0 Å². The molecule has 0 fully saturated rings. The standard InChI is InChI=1S/C27H44O5/c1-3-4-5-6-7-13-18-25(31-22-24-16-11-10-12-17-24)19-14-8-9-15-20-26(21-27(29)30)32-23(2)28/h10-12,16-17,25-26H,3-9,13-15,18-22H2,1-2H3,(H,29,30). The molecule has 182 valence electrons. The molecule has 5 nitrogen and oxygen atoms in total. The van der Waals surface area contributed by atoms with Gasteiger partial charge in [0, 0.05) is 6.92 Å². The summed E-state index contributed by atoms with van der Waals surface area (Å²) in [5.74, 6) is -1.34. The van der Waals surface area contributed by atoms with Crippen molar-refractivity contribution in [1.29, 1.82) is 0 Å². The molecular weight excluding hydrogens is 404 g/mol. The third-order valence-corrected chi connectivity index (χ3v) is 5.75. The average Bonchev–Trinajstić information content (AvgIpc) is 2.75. The van der Waals surface area contributed by atoms with Crippen LogP contribution in [0.5, 0.6) is 0 Å². The Labute approximate surface area is 194 Å². The molecular formula is C27H44O5. The highest BCUT2D eigenvalue weighted by atomic mass is 16.5. The second-order valence-corrected chi connectivity index (χ2v) is 8.80. The van der Waals surface area contributed by atoms with Crippen molar-refractivity contribution in [3.63, 3.8) is 0 Å². The van der Waals surface area contributed by atoms with Gasteiger partial charge in [-0.25, -0.2) is 0 Å². The van der Waals surface area contributed by atoms with E-state index in [1.807, 2.05) is 6.07 Å². The molecule has 0 saturated heterocycles. The fraction of sp³-hybridized carbons (Fsp3) is 0.704. The van der Waals surface area contributed by atoms with E-state index in [9.17, 15) is 9.59 Å². The molecule has 32 heavy (non-hydrogen) atoms. The summed E-state index contributed by atoms with van der Waals surface area (Å²) in [5, 5.41) is 8.96. The highest BCUT2D eigenvalue weighted by molar-refractivity contribution is 5.69. The molecule has 0 radical (unpaired) electrons. The van der Waals surface area contributed by atoms with Gasteiger partial charge in [0.1, 0.15) is 6.10 Å². The number of hydrogen-bond donors (Lipinski definition) is 1. The number of hydrogen-bond acceptors (Lipinski definition) is 4. The predicted molar refractivity (Wildman–Crippen MR) is 129 cm³/mol. The van der Waals surface area contributed by atoms with Gasteiger partial charge in [0.05, 0.1) is 19.1 Å². The molecule has 1 rings (SSSR count). The van der Waals surface area contributed by atoms with Gasteiger partial charge in [-0.3, -0.25) is 9.59 Å². The van der Waals surface area contributed by atoms with E-state index in [4.69, 9.17) is 14.6 Å². The molecule has 1 aromatic carbocycles. The molecule has 0 aliphatic heterocycles. The second kappa shape index (κ2) is 18.7. The summed E-state index contributed by atoms with van der Waals surface area (Å²) in [7, 11) is 0. The molecule has 2 unspecified atom stereocenters. The predicted octanol–water partition coefficient (Wildman–Crippen LogP) is 7.07. The van der Waals surface area contributed by atoms with Gasteiger partial charge in [0.15, 0.2) is 0 Å². The van der Waals surface area contributed by atoms with Crippen LogP contribution in [-0.4, -0.2) is 29.3 Å². The Morgan fingerprint density at radius 2 is 1.34 bits per heavy atom. The van der Waals surface area contributed by atoms with Crippen LogP contribution in [0.15, 0.2) is 30.3 Å². The monoisotopic (exact) mass is 448 g/mol. The van der Waals surface area contributed by atoms with E-state index in [-0.39, 0.29) is 6.42 Å². The van der Waals surface area contributed by atoms with Gasteiger partial charge >= 0.3 is 11.9 Å². The summed E-state index contributed by atoms with van der Waals surface area (Å²) in [6, 6.07) is 10.3. The lowest BCUT2D eigenvalue weighted by Crippen LogP contribution is -2.20. The van der Waals surface area contributed by atoms with Crippen molar-refractivity contribution >= 4 is 11.9 Å². The molecule has 0 saturated carbocycles. The Balaban J connectivity index is 2.30. The summed E-state index contributed by atoms with van der Waals surface area (Å²) < 4.78 is 11.4. The Kier molecular flexibility index (Phi) is 16.4. The normalized spacial score (nSPS) is 12.9. The zero-order valence-corrected chi connectivity index (χ0v) is 20.2. The Morgan fingerprint density at radius 3 is 1.88 bits per heavy atom. The maximum atomic E-state index is 11.1. The van der Waals surface area contributed by atoms with Gasteiger partial charge in [-0.2, -0.15) is 0 Å². The van der Waals surface area contributed by atoms with Crippen LogP contribution in [0, 0.1) is 0 Å². The number of carboxylic acids is 1. The quantitative estimate of drug-likeness (QED) is 0.171. The van der Waals surface area contributed by atoms with Gasteiger partial charge in [0.25, 0.3) is 0 Å². The first kappa shape index (κ1) is 28.2. The zero-order chi connectivity index (χ0) is 23.4. The number of carbonyl (C=O) groups is 2. The fourth-order valence-electron chi connectivity index (χ4n) is 3.98. The minimum Gasteiger partial charge on any atom is -0.481 e. The molecule has 0 aliphatic carbocycles. The molecule has 1 N–H and O–H groups in total. The smallest absolute Gasteiger partial charge is 0.307 e. The highest BCUT2D eigenvalue weighted by Crippen LogP contribution is 2.19.